The lowest BCUT2D eigenvalue weighted by Gasteiger charge is -2.17. The van der Waals surface area contributed by atoms with Crippen molar-refractivity contribution < 1.29 is 14.3 Å². The van der Waals surface area contributed by atoms with E-state index < -0.39 is 5.91 Å². The Hall–Kier alpha value is -2.61. The van der Waals surface area contributed by atoms with Crippen LogP contribution in [-0.2, 0) is 16.1 Å². The summed E-state index contributed by atoms with van der Waals surface area (Å²) >= 11 is 0. The number of rotatable bonds is 9. The average molecular weight is 349 g/mol. The maximum atomic E-state index is 11.8. The molecule has 1 atom stereocenters. The summed E-state index contributed by atoms with van der Waals surface area (Å²) in [4.78, 5) is 27.0. The third-order valence-electron chi connectivity index (χ3n) is 3.20. The summed E-state index contributed by atoms with van der Waals surface area (Å²) in [6, 6.07) is 7.17. The van der Waals surface area contributed by atoms with Crippen molar-refractivity contribution in [1.29, 1.82) is 0 Å². The van der Waals surface area contributed by atoms with E-state index in [0.29, 0.717) is 24.7 Å². The maximum Gasteiger partial charge on any atom is 0.251 e. The van der Waals surface area contributed by atoms with E-state index in [-0.39, 0.29) is 18.5 Å². The third kappa shape index (κ3) is 8.16. The summed E-state index contributed by atoms with van der Waals surface area (Å²) < 4.78 is 5.10. The monoisotopic (exact) mass is 349 g/mol. The number of methoxy groups -OCH3 is 1. The van der Waals surface area contributed by atoms with Gasteiger partial charge >= 0.3 is 0 Å². The van der Waals surface area contributed by atoms with Crippen LogP contribution in [0.15, 0.2) is 29.3 Å². The first-order valence-electron chi connectivity index (χ1n) is 8.15. The summed E-state index contributed by atoms with van der Waals surface area (Å²) in [5.41, 5.74) is 6.43. The fourth-order valence-electron chi connectivity index (χ4n) is 2.05. The van der Waals surface area contributed by atoms with Crippen LogP contribution >= 0.6 is 0 Å². The molecule has 1 unspecified atom stereocenters. The number of ether oxygens (including phenoxy) is 1. The van der Waals surface area contributed by atoms with E-state index in [1.54, 1.807) is 19.2 Å². The number of hydrogen-bond donors (Lipinski definition) is 4. The first-order valence-corrected chi connectivity index (χ1v) is 8.15. The highest BCUT2D eigenvalue weighted by molar-refractivity contribution is 5.96. The number of benzene rings is 1. The highest BCUT2D eigenvalue weighted by Crippen LogP contribution is 2.06. The molecule has 0 spiro atoms. The van der Waals surface area contributed by atoms with Crippen molar-refractivity contribution in [3.63, 3.8) is 0 Å². The number of nitrogens with zero attached hydrogens (tertiary/aromatic N) is 1. The van der Waals surface area contributed by atoms with Crippen molar-refractivity contribution >= 4 is 17.8 Å². The zero-order chi connectivity index (χ0) is 18.7. The number of nitrogens with two attached hydrogens (primary N) is 1. The second kappa shape index (κ2) is 11.0. The van der Waals surface area contributed by atoms with Gasteiger partial charge in [-0.3, -0.25) is 9.59 Å². The lowest BCUT2D eigenvalue weighted by Crippen LogP contribution is -2.43. The Labute approximate surface area is 148 Å². The summed E-state index contributed by atoms with van der Waals surface area (Å²) in [5.74, 6) is -0.210. The van der Waals surface area contributed by atoms with Crippen LogP contribution in [0.5, 0.6) is 0 Å². The number of primary amides is 1. The number of carbonyl (C=O) groups excluding carboxylic acids is 2. The molecule has 1 rings (SSSR count). The van der Waals surface area contributed by atoms with Crippen molar-refractivity contribution in [2.75, 3.05) is 26.8 Å². The molecule has 0 bridgehead atoms. The van der Waals surface area contributed by atoms with E-state index in [4.69, 9.17) is 10.5 Å². The number of amides is 2. The van der Waals surface area contributed by atoms with Gasteiger partial charge in [0.15, 0.2) is 5.96 Å². The molecule has 0 saturated carbocycles. The Morgan fingerprint density at radius 2 is 1.92 bits per heavy atom. The summed E-state index contributed by atoms with van der Waals surface area (Å²) in [7, 11) is 1.66. The first kappa shape index (κ1) is 20.4. The van der Waals surface area contributed by atoms with Gasteiger partial charge in [0, 0.05) is 25.3 Å². The Morgan fingerprint density at radius 1 is 1.24 bits per heavy atom. The van der Waals surface area contributed by atoms with Crippen molar-refractivity contribution in [3.8, 4) is 0 Å². The van der Waals surface area contributed by atoms with E-state index in [9.17, 15) is 9.59 Å². The molecule has 0 heterocycles. The Balaban J connectivity index is 2.65. The van der Waals surface area contributed by atoms with Gasteiger partial charge in [-0.2, -0.15) is 0 Å². The molecule has 138 valence electrons. The van der Waals surface area contributed by atoms with E-state index in [1.165, 1.54) is 0 Å². The minimum absolute atomic E-state index is 0.138. The highest BCUT2D eigenvalue weighted by atomic mass is 16.5. The smallest absolute Gasteiger partial charge is 0.251 e. The molecule has 0 fully saturated rings. The quantitative estimate of drug-likeness (QED) is 0.369. The van der Waals surface area contributed by atoms with Gasteiger partial charge in [-0.1, -0.05) is 12.1 Å². The number of nitrogens with one attached hydrogen (secondary N) is 3. The standard InChI is InChI=1S/C17H27N5O3/c1-4-19-17(22-12(2)11-25-3)21-9-13-5-7-14(8-6-13)16(24)20-10-15(18)23/h5-8,12H,4,9-11H2,1-3H3,(H2,18,23)(H,20,24)(H2,19,21,22). The van der Waals surface area contributed by atoms with Gasteiger partial charge < -0.3 is 26.4 Å². The van der Waals surface area contributed by atoms with Gasteiger partial charge in [0.25, 0.3) is 5.91 Å². The van der Waals surface area contributed by atoms with Crippen LogP contribution in [-0.4, -0.2) is 50.6 Å². The molecule has 8 heteroatoms. The van der Waals surface area contributed by atoms with Gasteiger partial charge in [-0.15, -0.1) is 0 Å². The van der Waals surface area contributed by atoms with Gasteiger partial charge in [-0.05, 0) is 31.5 Å². The lowest BCUT2D eigenvalue weighted by atomic mass is 10.1. The topological polar surface area (TPSA) is 118 Å². The van der Waals surface area contributed by atoms with Gasteiger partial charge in [0.2, 0.25) is 5.91 Å². The van der Waals surface area contributed by atoms with Crippen molar-refractivity contribution in [2.45, 2.75) is 26.4 Å². The normalized spacial score (nSPS) is 12.4. The molecule has 2 amide bonds. The van der Waals surface area contributed by atoms with Gasteiger partial charge in [-0.25, -0.2) is 4.99 Å². The molecular weight excluding hydrogens is 322 g/mol. The number of guanidine groups is 1. The predicted octanol–water partition coefficient (Wildman–Crippen LogP) is -0.00830. The molecule has 5 N–H and O–H groups in total. The fraction of sp³-hybridized carbons (Fsp3) is 0.471. The fourth-order valence-corrected chi connectivity index (χ4v) is 2.05. The molecule has 0 aromatic heterocycles. The van der Waals surface area contributed by atoms with Crippen molar-refractivity contribution in [3.05, 3.63) is 35.4 Å². The van der Waals surface area contributed by atoms with Crippen LogP contribution < -0.4 is 21.7 Å². The van der Waals surface area contributed by atoms with Crippen LogP contribution in [0, 0.1) is 0 Å². The van der Waals surface area contributed by atoms with E-state index >= 15 is 0 Å². The summed E-state index contributed by atoms with van der Waals surface area (Å²) in [6.45, 7) is 5.64. The van der Waals surface area contributed by atoms with Crippen molar-refractivity contribution in [1.82, 2.24) is 16.0 Å². The molecule has 1 aromatic carbocycles. The molecular formula is C17H27N5O3. The molecule has 0 saturated heterocycles. The maximum absolute atomic E-state index is 11.8. The summed E-state index contributed by atoms with van der Waals surface area (Å²) in [6.07, 6.45) is 0. The molecule has 0 aliphatic rings. The highest BCUT2D eigenvalue weighted by Gasteiger charge is 2.07. The van der Waals surface area contributed by atoms with E-state index in [1.807, 2.05) is 26.0 Å². The Kier molecular flexibility index (Phi) is 9.02. The van der Waals surface area contributed by atoms with Crippen LogP contribution in [0.25, 0.3) is 0 Å². The Bertz CT molecular complexity index is 586. The molecule has 1 aromatic rings. The zero-order valence-electron chi connectivity index (χ0n) is 15.0. The molecule has 0 aliphatic carbocycles. The third-order valence-corrected chi connectivity index (χ3v) is 3.20. The molecule has 8 nitrogen and oxygen atoms in total. The zero-order valence-corrected chi connectivity index (χ0v) is 15.0. The van der Waals surface area contributed by atoms with Gasteiger partial charge in [0.05, 0.1) is 19.7 Å². The van der Waals surface area contributed by atoms with Crippen molar-refractivity contribution in [2.24, 2.45) is 10.7 Å². The second-order valence-corrected chi connectivity index (χ2v) is 5.54. The summed E-state index contributed by atoms with van der Waals surface area (Å²) in [5, 5.41) is 8.87. The van der Waals surface area contributed by atoms with Crippen LogP contribution in [0.3, 0.4) is 0 Å². The number of carbonyl (C=O) groups is 2. The average Bonchev–Trinajstić information content (AvgIpc) is 2.58. The largest absolute Gasteiger partial charge is 0.383 e. The Morgan fingerprint density at radius 3 is 2.48 bits per heavy atom. The minimum Gasteiger partial charge on any atom is -0.383 e. The first-order chi connectivity index (χ1) is 12.0. The van der Waals surface area contributed by atoms with E-state index in [2.05, 4.69) is 20.9 Å². The SMILES string of the molecule is CCNC(=NCc1ccc(C(=O)NCC(N)=O)cc1)NC(C)COC. The minimum atomic E-state index is -0.578. The van der Waals surface area contributed by atoms with Crippen LogP contribution in [0.4, 0.5) is 0 Å². The second-order valence-electron chi connectivity index (χ2n) is 5.54. The lowest BCUT2D eigenvalue weighted by molar-refractivity contribution is -0.117. The molecule has 25 heavy (non-hydrogen) atoms. The number of aliphatic imine (C=N–C) groups is 1. The van der Waals surface area contributed by atoms with Crippen LogP contribution in [0.2, 0.25) is 0 Å². The van der Waals surface area contributed by atoms with Crippen LogP contribution in [0.1, 0.15) is 29.8 Å². The molecule has 0 radical (unpaired) electrons. The predicted molar refractivity (Wildman–Crippen MR) is 97.3 cm³/mol. The van der Waals surface area contributed by atoms with E-state index in [0.717, 1.165) is 12.1 Å². The number of hydrogen-bond acceptors (Lipinski definition) is 4. The van der Waals surface area contributed by atoms with Gasteiger partial charge in [0.1, 0.15) is 0 Å². The molecule has 0 aliphatic heterocycles.